The molecular formula is C19H16O4S. The summed E-state index contributed by atoms with van der Waals surface area (Å²) in [6.07, 6.45) is 0.189. The highest BCUT2D eigenvalue weighted by Crippen LogP contribution is 2.22. The number of ether oxygens (including phenoxy) is 2. The predicted octanol–water partition coefficient (Wildman–Crippen LogP) is 3.88. The summed E-state index contributed by atoms with van der Waals surface area (Å²) in [7, 11) is 1.61. The van der Waals surface area contributed by atoms with Gasteiger partial charge in [0.2, 0.25) is 0 Å². The molecule has 2 aromatic carbocycles. The van der Waals surface area contributed by atoms with Gasteiger partial charge in [-0.15, -0.1) is 0 Å². The Hall–Kier alpha value is -2.66. The molecule has 122 valence electrons. The van der Waals surface area contributed by atoms with Crippen molar-refractivity contribution in [3.63, 3.8) is 0 Å². The number of hydrogen-bond acceptors (Lipinski definition) is 5. The summed E-state index contributed by atoms with van der Waals surface area (Å²) in [5.74, 6) is 0.155. The molecule has 0 saturated heterocycles. The van der Waals surface area contributed by atoms with Gasteiger partial charge >= 0.3 is 5.97 Å². The second-order valence-electron chi connectivity index (χ2n) is 5.32. The van der Waals surface area contributed by atoms with E-state index >= 15 is 0 Å². The van der Waals surface area contributed by atoms with Crippen LogP contribution < -0.4 is 4.74 Å². The number of esters is 1. The number of benzene rings is 2. The molecule has 0 amide bonds. The largest absolute Gasteiger partial charge is 0.497 e. The first-order valence-corrected chi connectivity index (χ1v) is 8.38. The lowest BCUT2D eigenvalue weighted by molar-refractivity contribution is -0.141. The predicted molar refractivity (Wildman–Crippen MR) is 93.8 cm³/mol. The SMILES string of the molecule is COc1ccc2cc(C(=O)COC(=O)Cc3ccsc3)ccc2c1. The zero-order chi connectivity index (χ0) is 16.9. The van der Waals surface area contributed by atoms with Crippen LogP contribution in [0.15, 0.2) is 53.2 Å². The van der Waals surface area contributed by atoms with Crippen LogP contribution in [0.3, 0.4) is 0 Å². The van der Waals surface area contributed by atoms with Crippen LogP contribution >= 0.6 is 11.3 Å². The van der Waals surface area contributed by atoms with Gasteiger partial charge < -0.3 is 9.47 Å². The Morgan fingerprint density at radius 2 is 1.83 bits per heavy atom. The van der Waals surface area contributed by atoms with Crippen LogP contribution in [0.5, 0.6) is 5.75 Å². The fourth-order valence-electron chi connectivity index (χ4n) is 2.36. The number of ketones is 1. The van der Waals surface area contributed by atoms with E-state index in [-0.39, 0.29) is 18.8 Å². The van der Waals surface area contributed by atoms with Gasteiger partial charge in [0.15, 0.2) is 12.4 Å². The average Bonchev–Trinajstić information content (AvgIpc) is 3.11. The third-order valence-electron chi connectivity index (χ3n) is 3.66. The molecule has 0 aliphatic carbocycles. The van der Waals surface area contributed by atoms with Crippen LogP contribution in [0.25, 0.3) is 10.8 Å². The maximum absolute atomic E-state index is 12.2. The van der Waals surface area contributed by atoms with Crippen LogP contribution in [-0.4, -0.2) is 25.5 Å². The molecule has 5 heteroatoms. The number of rotatable bonds is 6. The zero-order valence-corrected chi connectivity index (χ0v) is 14.0. The van der Waals surface area contributed by atoms with Crippen molar-refractivity contribution in [3.05, 3.63) is 64.4 Å². The molecule has 4 nitrogen and oxygen atoms in total. The van der Waals surface area contributed by atoms with Crippen molar-refractivity contribution in [2.75, 3.05) is 13.7 Å². The molecule has 0 bridgehead atoms. The highest BCUT2D eigenvalue weighted by Gasteiger charge is 2.11. The summed E-state index contributed by atoms with van der Waals surface area (Å²) in [6.45, 7) is -0.245. The molecule has 3 rings (SSSR count). The second kappa shape index (κ2) is 7.27. The van der Waals surface area contributed by atoms with Gasteiger partial charge in [0.05, 0.1) is 13.5 Å². The van der Waals surface area contributed by atoms with Crippen molar-refractivity contribution in [1.29, 1.82) is 0 Å². The smallest absolute Gasteiger partial charge is 0.310 e. The van der Waals surface area contributed by atoms with Gasteiger partial charge in [0, 0.05) is 5.56 Å². The summed E-state index contributed by atoms with van der Waals surface area (Å²) < 4.78 is 10.3. The number of Topliss-reactive ketones (excluding diaryl/α,β-unsaturated/α-hetero) is 1. The van der Waals surface area contributed by atoms with Gasteiger partial charge in [-0.1, -0.05) is 18.2 Å². The lowest BCUT2D eigenvalue weighted by Gasteiger charge is -2.06. The topological polar surface area (TPSA) is 52.6 Å². The molecule has 0 unspecified atom stereocenters. The summed E-state index contributed by atoms with van der Waals surface area (Å²) in [5.41, 5.74) is 1.42. The Morgan fingerprint density at radius 1 is 1.04 bits per heavy atom. The third-order valence-corrected chi connectivity index (χ3v) is 4.39. The van der Waals surface area contributed by atoms with Crippen molar-refractivity contribution in [3.8, 4) is 5.75 Å². The normalized spacial score (nSPS) is 10.5. The molecule has 0 N–H and O–H groups in total. The molecule has 1 heterocycles. The number of methoxy groups -OCH3 is 1. The van der Waals surface area contributed by atoms with Gasteiger partial charge in [-0.05, 0) is 51.4 Å². The standard InChI is InChI=1S/C19H16O4S/c1-22-17-5-4-14-9-16(3-2-15(14)10-17)18(20)11-23-19(21)8-13-6-7-24-12-13/h2-7,9-10,12H,8,11H2,1H3. The van der Waals surface area contributed by atoms with Crippen LogP contribution in [0.2, 0.25) is 0 Å². The Morgan fingerprint density at radius 3 is 2.58 bits per heavy atom. The molecule has 0 spiro atoms. The second-order valence-corrected chi connectivity index (χ2v) is 6.10. The number of hydrogen-bond donors (Lipinski definition) is 0. The first-order chi connectivity index (χ1) is 11.7. The lowest BCUT2D eigenvalue weighted by atomic mass is 10.0. The van der Waals surface area contributed by atoms with Crippen molar-refractivity contribution in [1.82, 2.24) is 0 Å². The maximum Gasteiger partial charge on any atom is 0.310 e. The van der Waals surface area contributed by atoms with Gasteiger partial charge in [-0.3, -0.25) is 9.59 Å². The fraction of sp³-hybridized carbons (Fsp3) is 0.158. The third kappa shape index (κ3) is 3.81. The maximum atomic E-state index is 12.2. The van der Waals surface area contributed by atoms with E-state index in [2.05, 4.69) is 0 Å². The molecule has 0 saturated carbocycles. The molecular weight excluding hydrogens is 324 g/mol. The van der Waals surface area contributed by atoms with E-state index in [1.165, 1.54) is 11.3 Å². The molecule has 0 radical (unpaired) electrons. The Bertz CT molecular complexity index is 868. The van der Waals surface area contributed by atoms with Crippen molar-refractivity contribution in [2.45, 2.75) is 6.42 Å². The van der Waals surface area contributed by atoms with E-state index in [0.717, 1.165) is 22.1 Å². The van der Waals surface area contributed by atoms with Crippen LogP contribution in [0, 0.1) is 0 Å². The highest BCUT2D eigenvalue weighted by molar-refractivity contribution is 7.08. The first-order valence-electron chi connectivity index (χ1n) is 7.43. The van der Waals surface area contributed by atoms with Crippen LogP contribution in [-0.2, 0) is 16.0 Å². The number of carbonyl (C=O) groups excluding carboxylic acids is 2. The molecule has 0 atom stereocenters. The highest BCUT2D eigenvalue weighted by atomic mass is 32.1. The minimum atomic E-state index is -0.396. The zero-order valence-electron chi connectivity index (χ0n) is 13.2. The van der Waals surface area contributed by atoms with E-state index in [4.69, 9.17) is 9.47 Å². The fourth-order valence-corrected chi connectivity index (χ4v) is 3.03. The van der Waals surface area contributed by atoms with Crippen LogP contribution in [0.1, 0.15) is 15.9 Å². The summed E-state index contributed by atoms with van der Waals surface area (Å²) in [5, 5.41) is 5.71. The quantitative estimate of drug-likeness (QED) is 0.505. The van der Waals surface area contributed by atoms with E-state index < -0.39 is 5.97 Å². The minimum absolute atomic E-state index is 0.189. The van der Waals surface area contributed by atoms with Gasteiger partial charge in [-0.25, -0.2) is 0 Å². The number of thiophene rings is 1. The van der Waals surface area contributed by atoms with Crippen molar-refractivity contribution in [2.24, 2.45) is 0 Å². The molecule has 0 aliphatic heterocycles. The Kier molecular flexibility index (Phi) is 4.91. The number of fused-ring (bicyclic) bond motifs is 1. The summed E-state index contributed by atoms with van der Waals surface area (Å²) in [6, 6.07) is 12.9. The average molecular weight is 340 g/mol. The van der Waals surface area contributed by atoms with Gasteiger partial charge in [-0.2, -0.15) is 11.3 Å². The monoisotopic (exact) mass is 340 g/mol. The van der Waals surface area contributed by atoms with E-state index in [1.807, 2.05) is 41.1 Å². The van der Waals surface area contributed by atoms with Crippen LogP contribution in [0.4, 0.5) is 0 Å². The molecule has 0 fully saturated rings. The molecule has 1 aromatic heterocycles. The van der Waals surface area contributed by atoms with Crippen molar-refractivity contribution < 1.29 is 19.1 Å². The number of carbonyl (C=O) groups is 2. The van der Waals surface area contributed by atoms with Crippen molar-refractivity contribution >= 4 is 33.9 Å². The van der Waals surface area contributed by atoms with Gasteiger partial charge in [0.25, 0.3) is 0 Å². The molecule has 24 heavy (non-hydrogen) atoms. The summed E-state index contributed by atoms with van der Waals surface area (Å²) >= 11 is 1.52. The Labute approximate surface area is 143 Å². The van der Waals surface area contributed by atoms with E-state index in [1.54, 1.807) is 19.2 Å². The minimum Gasteiger partial charge on any atom is -0.497 e. The van der Waals surface area contributed by atoms with E-state index in [9.17, 15) is 9.59 Å². The van der Waals surface area contributed by atoms with E-state index in [0.29, 0.717) is 5.56 Å². The summed E-state index contributed by atoms with van der Waals surface area (Å²) in [4.78, 5) is 24.0. The molecule has 0 aliphatic rings. The molecule has 3 aromatic rings. The lowest BCUT2D eigenvalue weighted by Crippen LogP contribution is -2.15. The Balaban J connectivity index is 1.64. The first kappa shape index (κ1) is 16.2. The van der Waals surface area contributed by atoms with Gasteiger partial charge in [0.1, 0.15) is 5.75 Å².